The molecule has 16 heteroatoms. The molecule has 0 saturated heterocycles. The first-order valence-corrected chi connectivity index (χ1v) is 6.20. The zero-order valence-electron chi connectivity index (χ0n) is 10.3. The third kappa shape index (κ3) is 8.50. The van der Waals surface area contributed by atoms with E-state index in [1.54, 1.807) is 0 Å². The number of rotatable bonds is 6. The average molecular weight is 396 g/mol. The molecule has 0 spiro atoms. The van der Waals surface area contributed by atoms with E-state index in [2.05, 4.69) is 4.18 Å². The lowest BCUT2D eigenvalue weighted by atomic mass is 10.4. The van der Waals surface area contributed by atoms with Gasteiger partial charge in [-0.1, -0.05) is 0 Å². The molecule has 1 N–H and O–H groups in total. The van der Waals surface area contributed by atoms with E-state index in [1.165, 1.54) is 0 Å². The molecule has 0 aromatic rings. The third-order valence-electron chi connectivity index (χ3n) is 1.54. The van der Waals surface area contributed by atoms with Crippen molar-refractivity contribution in [2.45, 2.75) is 30.2 Å². The summed E-state index contributed by atoms with van der Waals surface area (Å²) in [5, 5.41) is 7.53. The van der Waals surface area contributed by atoms with Gasteiger partial charge in [-0.3, -0.25) is 4.18 Å². The lowest BCUT2D eigenvalue weighted by molar-refractivity contribution is -0.153. The van der Waals surface area contributed by atoms with Crippen molar-refractivity contribution in [2.24, 2.45) is 0 Å². The molecule has 0 atom stereocenters. The van der Waals surface area contributed by atoms with Crippen LogP contribution in [0, 0.1) is 0 Å². The molecule has 0 saturated carbocycles. The molecule has 0 unspecified atom stereocenters. The summed E-state index contributed by atoms with van der Waals surface area (Å²) in [6.45, 7) is -4.36. The van der Waals surface area contributed by atoms with E-state index in [0.29, 0.717) is 0 Å². The maximum absolute atomic E-state index is 12.0. The highest BCUT2D eigenvalue weighted by molar-refractivity contribution is 7.87. The van der Waals surface area contributed by atoms with E-state index in [1.807, 2.05) is 0 Å². The molecule has 0 aromatic carbocycles. The standard InChI is InChI=1S/C4H3F7O3S.C3H4F4O/c5-2(6)3(7,8)1-14-15(12,13)4(9,10)11;4-2(5)3(6,7)1-8/h2H,1H2;2,8H,1H2. The summed E-state index contributed by atoms with van der Waals surface area (Å²) in [5.41, 5.74) is -5.93. The van der Waals surface area contributed by atoms with E-state index >= 15 is 0 Å². The van der Waals surface area contributed by atoms with Crippen molar-refractivity contribution in [3.05, 3.63) is 0 Å². The zero-order chi connectivity index (χ0) is 19.3. The van der Waals surface area contributed by atoms with E-state index < -0.39 is 53.5 Å². The Labute approximate surface area is 120 Å². The van der Waals surface area contributed by atoms with Crippen molar-refractivity contribution < 1.29 is 66.0 Å². The summed E-state index contributed by atoms with van der Waals surface area (Å²) in [4.78, 5) is 0. The zero-order valence-corrected chi connectivity index (χ0v) is 11.1. The van der Waals surface area contributed by atoms with Gasteiger partial charge in [-0.15, -0.1) is 0 Å². The Bertz CT molecular complexity index is 444. The number of hydrogen-bond donors (Lipinski definition) is 1. The number of alkyl halides is 11. The Morgan fingerprint density at radius 1 is 0.826 bits per heavy atom. The highest BCUT2D eigenvalue weighted by Gasteiger charge is 2.51. The predicted octanol–water partition coefficient (Wildman–Crippen LogP) is 2.63. The second kappa shape index (κ2) is 8.27. The minimum Gasteiger partial charge on any atom is -0.390 e. The summed E-state index contributed by atoms with van der Waals surface area (Å²) < 4.78 is 148. The first-order valence-electron chi connectivity index (χ1n) is 4.79. The van der Waals surface area contributed by atoms with Gasteiger partial charge < -0.3 is 5.11 Å². The fourth-order valence-electron chi connectivity index (χ4n) is 0.355. The Hall–Kier alpha value is -0.900. The van der Waals surface area contributed by atoms with Gasteiger partial charge in [0.25, 0.3) is 0 Å². The van der Waals surface area contributed by atoms with Crippen molar-refractivity contribution in [1.29, 1.82) is 0 Å². The molecule has 0 fully saturated rings. The maximum atomic E-state index is 12.0. The van der Waals surface area contributed by atoms with E-state index in [4.69, 9.17) is 5.11 Å². The number of hydrogen-bond acceptors (Lipinski definition) is 4. The van der Waals surface area contributed by atoms with Crippen LogP contribution in [0.1, 0.15) is 0 Å². The molecule has 0 aliphatic heterocycles. The molecule has 0 heterocycles. The third-order valence-corrected chi connectivity index (χ3v) is 2.53. The molecular formula is C7H7F11O4S. The molecule has 0 rings (SSSR count). The number of aliphatic hydroxyl groups is 1. The topological polar surface area (TPSA) is 63.6 Å². The fraction of sp³-hybridized carbons (Fsp3) is 1.00. The van der Waals surface area contributed by atoms with Crippen LogP contribution < -0.4 is 0 Å². The smallest absolute Gasteiger partial charge is 0.390 e. The molecule has 0 aliphatic rings. The summed E-state index contributed by atoms with van der Waals surface area (Å²) in [6, 6.07) is 0. The van der Waals surface area contributed by atoms with Crippen molar-refractivity contribution >= 4 is 10.1 Å². The summed E-state index contributed by atoms with van der Waals surface area (Å²) in [6.07, 6.45) is -8.09. The van der Waals surface area contributed by atoms with E-state index in [9.17, 15) is 56.7 Å². The summed E-state index contributed by atoms with van der Waals surface area (Å²) >= 11 is 0. The average Bonchev–Trinajstić information content (AvgIpc) is 2.35. The van der Waals surface area contributed by atoms with Gasteiger partial charge in [0.1, 0.15) is 13.2 Å². The van der Waals surface area contributed by atoms with Gasteiger partial charge in [0.05, 0.1) is 0 Å². The lowest BCUT2D eigenvalue weighted by Crippen LogP contribution is -2.36. The van der Waals surface area contributed by atoms with Gasteiger partial charge in [0.2, 0.25) is 0 Å². The first-order chi connectivity index (χ1) is 9.90. The quantitative estimate of drug-likeness (QED) is 0.426. The Morgan fingerprint density at radius 3 is 1.35 bits per heavy atom. The molecule has 23 heavy (non-hydrogen) atoms. The number of aliphatic hydroxyl groups excluding tert-OH is 1. The van der Waals surface area contributed by atoms with Crippen LogP contribution in [0.15, 0.2) is 0 Å². The van der Waals surface area contributed by atoms with Gasteiger partial charge in [0, 0.05) is 0 Å². The molecule has 0 aromatic heterocycles. The molecule has 0 aliphatic carbocycles. The maximum Gasteiger partial charge on any atom is 0.523 e. The minimum atomic E-state index is -6.28. The van der Waals surface area contributed by atoms with Crippen LogP contribution in [0.25, 0.3) is 0 Å². The Balaban J connectivity index is 0. The number of halogens is 11. The SMILES string of the molecule is O=S(=O)(OCC(F)(F)C(F)F)C(F)(F)F.OCC(F)(F)C(F)F. The highest BCUT2D eigenvalue weighted by atomic mass is 32.2. The second-order valence-corrected chi connectivity index (χ2v) is 5.05. The Kier molecular flexibility index (Phi) is 8.76. The molecule has 0 amide bonds. The van der Waals surface area contributed by atoms with Crippen LogP contribution in [0.5, 0.6) is 0 Å². The van der Waals surface area contributed by atoms with Crippen LogP contribution in [0.3, 0.4) is 0 Å². The molecule has 4 nitrogen and oxygen atoms in total. The molecule has 142 valence electrons. The van der Waals surface area contributed by atoms with E-state index in [-0.39, 0.29) is 0 Å². The van der Waals surface area contributed by atoms with Gasteiger partial charge in [0.15, 0.2) is 0 Å². The summed E-state index contributed by atoms with van der Waals surface area (Å²) in [7, 11) is -6.28. The van der Waals surface area contributed by atoms with Gasteiger partial charge in [-0.2, -0.15) is 39.2 Å². The Morgan fingerprint density at radius 2 is 1.17 bits per heavy atom. The normalized spacial score (nSPS) is 14.0. The van der Waals surface area contributed by atoms with Crippen LogP contribution in [0.2, 0.25) is 0 Å². The largest absolute Gasteiger partial charge is 0.523 e. The monoisotopic (exact) mass is 396 g/mol. The summed E-state index contributed by atoms with van der Waals surface area (Å²) in [5.74, 6) is -9.20. The van der Waals surface area contributed by atoms with Crippen molar-refractivity contribution in [1.82, 2.24) is 0 Å². The van der Waals surface area contributed by atoms with E-state index in [0.717, 1.165) is 0 Å². The lowest BCUT2D eigenvalue weighted by Gasteiger charge is -2.15. The van der Waals surface area contributed by atoms with Crippen molar-refractivity contribution in [3.8, 4) is 0 Å². The van der Waals surface area contributed by atoms with Crippen LogP contribution in [0.4, 0.5) is 48.3 Å². The van der Waals surface area contributed by atoms with Crippen molar-refractivity contribution in [2.75, 3.05) is 13.2 Å². The van der Waals surface area contributed by atoms with Crippen LogP contribution in [-0.2, 0) is 14.3 Å². The molecular weight excluding hydrogens is 389 g/mol. The molecule has 0 radical (unpaired) electrons. The second-order valence-electron chi connectivity index (χ2n) is 3.44. The highest BCUT2D eigenvalue weighted by Crippen LogP contribution is 2.29. The minimum absolute atomic E-state index is 1.80. The van der Waals surface area contributed by atoms with Gasteiger partial charge in [-0.25, -0.2) is 17.6 Å². The van der Waals surface area contributed by atoms with Gasteiger partial charge >= 0.3 is 40.3 Å². The predicted molar refractivity (Wildman–Crippen MR) is 49.9 cm³/mol. The fourth-order valence-corrected chi connectivity index (χ4v) is 0.801. The van der Waals surface area contributed by atoms with Gasteiger partial charge in [-0.05, 0) is 0 Å². The molecule has 0 bridgehead atoms. The van der Waals surface area contributed by atoms with Crippen LogP contribution >= 0.6 is 0 Å². The van der Waals surface area contributed by atoms with Crippen LogP contribution in [-0.4, -0.2) is 56.9 Å². The van der Waals surface area contributed by atoms with Crippen molar-refractivity contribution in [3.63, 3.8) is 0 Å². The first kappa shape index (κ1) is 24.4.